The van der Waals surface area contributed by atoms with Crippen LogP contribution in [0.4, 0.5) is 16.2 Å². The summed E-state index contributed by atoms with van der Waals surface area (Å²) < 4.78 is 38.2. The number of nitrogens with one attached hydrogen (secondary N) is 2. The van der Waals surface area contributed by atoms with E-state index in [9.17, 15) is 9.59 Å². The summed E-state index contributed by atoms with van der Waals surface area (Å²) in [6.45, 7) is 0. The number of methoxy groups -OCH3 is 6. The SMILES string of the molecule is COc1cc(NC(=O)Nc2cccc(-c3cc(=O)c4c(OC)c(OC)c(OC)cc4o3)c2)cc(OC)c1OC. The predicted octanol–water partition coefficient (Wildman–Crippen LogP) is 5.16. The van der Waals surface area contributed by atoms with Gasteiger partial charge in [-0.15, -0.1) is 0 Å². The molecule has 0 fully saturated rings. The highest BCUT2D eigenvalue weighted by molar-refractivity contribution is 6.00. The van der Waals surface area contributed by atoms with Crippen molar-refractivity contribution >= 4 is 28.4 Å². The molecule has 4 rings (SSSR count). The third-order valence-corrected chi connectivity index (χ3v) is 5.85. The minimum absolute atomic E-state index is 0.214. The van der Waals surface area contributed by atoms with E-state index in [-0.39, 0.29) is 33.7 Å². The summed E-state index contributed by atoms with van der Waals surface area (Å²) in [6.07, 6.45) is 0. The fourth-order valence-corrected chi connectivity index (χ4v) is 4.13. The molecule has 0 saturated heterocycles. The predicted molar refractivity (Wildman–Crippen MR) is 146 cm³/mol. The molecule has 0 unspecified atom stereocenters. The molecular formula is C28H28N2O9. The van der Waals surface area contributed by atoms with E-state index in [1.165, 1.54) is 48.7 Å². The average molecular weight is 537 g/mol. The van der Waals surface area contributed by atoms with Gasteiger partial charge < -0.3 is 43.5 Å². The zero-order chi connectivity index (χ0) is 28.1. The van der Waals surface area contributed by atoms with Crippen LogP contribution in [-0.4, -0.2) is 48.7 Å². The summed E-state index contributed by atoms with van der Waals surface area (Å²) in [5.74, 6) is 2.33. The van der Waals surface area contributed by atoms with Crippen molar-refractivity contribution in [3.05, 3.63) is 58.8 Å². The average Bonchev–Trinajstić information content (AvgIpc) is 2.95. The highest BCUT2D eigenvalue weighted by atomic mass is 16.5. The summed E-state index contributed by atoms with van der Waals surface area (Å²) in [4.78, 5) is 25.9. The van der Waals surface area contributed by atoms with E-state index in [0.29, 0.717) is 39.9 Å². The third-order valence-electron chi connectivity index (χ3n) is 5.85. The number of urea groups is 1. The molecule has 11 nitrogen and oxygen atoms in total. The Morgan fingerprint density at radius 1 is 0.667 bits per heavy atom. The summed E-state index contributed by atoms with van der Waals surface area (Å²) in [5, 5.41) is 5.73. The first kappa shape index (κ1) is 27.0. The van der Waals surface area contributed by atoms with E-state index >= 15 is 0 Å². The maximum absolute atomic E-state index is 13.1. The van der Waals surface area contributed by atoms with Crippen LogP contribution in [0.2, 0.25) is 0 Å². The van der Waals surface area contributed by atoms with Gasteiger partial charge in [0.25, 0.3) is 0 Å². The third kappa shape index (κ3) is 5.33. The fourth-order valence-electron chi connectivity index (χ4n) is 4.13. The molecule has 0 bridgehead atoms. The molecule has 0 aliphatic rings. The molecule has 0 aliphatic carbocycles. The zero-order valence-corrected chi connectivity index (χ0v) is 22.3. The smallest absolute Gasteiger partial charge is 0.323 e. The van der Waals surface area contributed by atoms with Crippen LogP contribution < -0.4 is 44.5 Å². The summed E-state index contributed by atoms with van der Waals surface area (Å²) in [6, 6.07) is 12.5. The lowest BCUT2D eigenvalue weighted by Gasteiger charge is -2.15. The summed E-state index contributed by atoms with van der Waals surface area (Å²) >= 11 is 0. The van der Waals surface area contributed by atoms with Gasteiger partial charge in [-0.25, -0.2) is 4.79 Å². The van der Waals surface area contributed by atoms with E-state index in [1.807, 2.05) is 0 Å². The quantitative estimate of drug-likeness (QED) is 0.298. The minimum Gasteiger partial charge on any atom is -0.493 e. The summed E-state index contributed by atoms with van der Waals surface area (Å²) in [5.41, 5.74) is 1.38. The number of hydrogen-bond acceptors (Lipinski definition) is 9. The van der Waals surface area contributed by atoms with Crippen molar-refractivity contribution in [3.8, 4) is 45.8 Å². The normalized spacial score (nSPS) is 10.5. The molecule has 39 heavy (non-hydrogen) atoms. The van der Waals surface area contributed by atoms with Crippen molar-refractivity contribution in [2.75, 3.05) is 53.3 Å². The number of amides is 2. The van der Waals surface area contributed by atoms with Gasteiger partial charge in [0.1, 0.15) is 16.7 Å². The zero-order valence-electron chi connectivity index (χ0n) is 22.3. The molecule has 0 atom stereocenters. The first-order valence-corrected chi connectivity index (χ1v) is 11.6. The first-order chi connectivity index (χ1) is 18.9. The highest BCUT2D eigenvalue weighted by Gasteiger charge is 2.21. The Hall–Kier alpha value is -5.06. The van der Waals surface area contributed by atoms with Crippen LogP contribution in [0.25, 0.3) is 22.3 Å². The molecule has 204 valence electrons. The van der Waals surface area contributed by atoms with Gasteiger partial charge >= 0.3 is 6.03 Å². The van der Waals surface area contributed by atoms with Gasteiger partial charge in [-0.1, -0.05) is 12.1 Å². The van der Waals surface area contributed by atoms with Crippen LogP contribution in [0.15, 0.2) is 57.7 Å². The second-order valence-electron chi connectivity index (χ2n) is 8.07. The number of rotatable bonds is 9. The Balaban J connectivity index is 1.63. The van der Waals surface area contributed by atoms with Crippen LogP contribution in [0.5, 0.6) is 34.5 Å². The van der Waals surface area contributed by atoms with E-state index in [2.05, 4.69) is 10.6 Å². The molecule has 0 aliphatic heterocycles. The van der Waals surface area contributed by atoms with Crippen molar-refractivity contribution in [2.24, 2.45) is 0 Å². The van der Waals surface area contributed by atoms with Crippen LogP contribution in [0.1, 0.15) is 0 Å². The Kier molecular flexibility index (Phi) is 7.99. The molecular weight excluding hydrogens is 508 g/mol. The number of carbonyl (C=O) groups excluding carboxylic acids is 1. The number of anilines is 2. The minimum atomic E-state index is -0.511. The van der Waals surface area contributed by atoms with Gasteiger partial charge in [-0.2, -0.15) is 0 Å². The molecule has 3 aromatic carbocycles. The Morgan fingerprint density at radius 2 is 1.26 bits per heavy atom. The van der Waals surface area contributed by atoms with Gasteiger partial charge in [-0.3, -0.25) is 4.79 Å². The first-order valence-electron chi connectivity index (χ1n) is 11.6. The Morgan fingerprint density at radius 3 is 1.85 bits per heavy atom. The molecule has 2 amide bonds. The molecule has 0 spiro atoms. The molecule has 1 heterocycles. The van der Waals surface area contributed by atoms with Gasteiger partial charge in [0.2, 0.25) is 11.5 Å². The molecule has 1 aromatic heterocycles. The number of fused-ring (bicyclic) bond motifs is 1. The standard InChI is InChI=1S/C28H28N2O9/c1-33-21-11-17(12-22(34-2)25(21)36-4)30-28(32)29-16-9-7-8-15(10-16)19-13-18(31)24-20(39-19)14-23(35-3)26(37-5)27(24)38-6/h7-14H,1-6H3,(H2,29,30,32). The van der Waals surface area contributed by atoms with Crippen molar-refractivity contribution in [1.82, 2.24) is 0 Å². The largest absolute Gasteiger partial charge is 0.493 e. The van der Waals surface area contributed by atoms with Crippen LogP contribution >= 0.6 is 0 Å². The number of benzene rings is 3. The van der Waals surface area contributed by atoms with E-state index < -0.39 is 6.03 Å². The second-order valence-corrected chi connectivity index (χ2v) is 8.07. The summed E-state index contributed by atoms with van der Waals surface area (Å²) in [7, 11) is 8.83. The van der Waals surface area contributed by atoms with Gasteiger partial charge in [0, 0.05) is 35.5 Å². The molecule has 0 saturated carbocycles. The van der Waals surface area contributed by atoms with Crippen LogP contribution in [0.3, 0.4) is 0 Å². The van der Waals surface area contributed by atoms with Crippen LogP contribution in [0, 0.1) is 0 Å². The van der Waals surface area contributed by atoms with Crippen molar-refractivity contribution in [3.63, 3.8) is 0 Å². The van der Waals surface area contributed by atoms with E-state index in [4.69, 9.17) is 32.8 Å². The molecule has 4 aromatic rings. The number of ether oxygens (including phenoxy) is 6. The van der Waals surface area contributed by atoms with Gasteiger partial charge in [0.05, 0.1) is 48.3 Å². The Bertz CT molecular complexity index is 1550. The van der Waals surface area contributed by atoms with Crippen molar-refractivity contribution in [2.45, 2.75) is 0 Å². The number of hydrogen-bond donors (Lipinski definition) is 2. The molecule has 0 radical (unpaired) electrons. The van der Waals surface area contributed by atoms with Crippen molar-refractivity contribution in [1.29, 1.82) is 0 Å². The lowest BCUT2D eigenvalue weighted by Crippen LogP contribution is -2.19. The van der Waals surface area contributed by atoms with E-state index in [1.54, 1.807) is 42.5 Å². The van der Waals surface area contributed by atoms with Crippen LogP contribution in [-0.2, 0) is 0 Å². The van der Waals surface area contributed by atoms with Gasteiger partial charge in [0.15, 0.2) is 28.4 Å². The molecule has 2 N–H and O–H groups in total. The Labute approximate surface area is 224 Å². The monoisotopic (exact) mass is 536 g/mol. The lowest BCUT2D eigenvalue weighted by molar-refractivity contribution is 0.262. The lowest BCUT2D eigenvalue weighted by atomic mass is 10.1. The maximum Gasteiger partial charge on any atom is 0.323 e. The second kappa shape index (κ2) is 11.5. The fraction of sp³-hybridized carbons (Fsp3) is 0.214. The topological polar surface area (TPSA) is 127 Å². The van der Waals surface area contributed by atoms with Gasteiger partial charge in [-0.05, 0) is 12.1 Å². The number of carbonyl (C=O) groups is 1. The highest BCUT2D eigenvalue weighted by Crippen LogP contribution is 2.43. The molecule has 11 heteroatoms. The van der Waals surface area contributed by atoms with E-state index in [0.717, 1.165) is 0 Å². The maximum atomic E-state index is 13.1. The van der Waals surface area contributed by atoms with Crippen molar-refractivity contribution < 1.29 is 37.6 Å².